The molecule has 0 bridgehead atoms. The number of halogens is 2. The lowest BCUT2D eigenvalue weighted by Crippen LogP contribution is -2.26. The minimum atomic E-state index is -4.62. The van der Waals surface area contributed by atoms with Gasteiger partial charge in [-0.25, -0.2) is 4.98 Å². The van der Waals surface area contributed by atoms with Gasteiger partial charge in [0.1, 0.15) is 0 Å². The van der Waals surface area contributed by atoms with E-state index in [1.165, 1.54) is 12.3 Å². The van der Waals surface area contributed by atoms with E-state index in [9.17, 15) is 22.2 Å². The molecule has 1 saturated heterocycles. The largest absolute Gasteiger partial charge is 0.504 e. The van der Waals surface area contributed by atoms with Gasteiger partial charge in [-0.15, -0.1) is 3.89 Å². The highest BCUT2D eigenvalue weighted by Gasteiger charge is 2.35. The number of hydrogen-bond donors (Lipinski definition) is 1. The van der Waals surface area contributed by atoms with Gasteiger partial charge in [-0.2, -0.15) is 8.42 Å². The van der Waals surface area contributed by atoms with E-state index in [-0.39, 0.29) is 24.5 Å². The summed E-state index contributed by atoms with van der Waals surface area (Å²) in [4.78, 5) is 16.8. The van der Waals surface area contributed by atoms with Crippen LogP contribution in [0.5, 0.6) is 5.75 Å². The van der Waals surface area contributed by atoms with Gasteiger partial charge in [0, 0.05) is 29.6 Å². The van der Waals surface area contributed by atoms with Crippen LogP contribution in [0.3, 0.4) is 0 Å². The van der Waals surface area contributed by atoms with Crippen molar-refractivity contribution in [1.29, 1.82) is 0 Å². The van der Waals surface area contributed by atoms with Gasteiger partial charge in [-0.1, -0.05) is 0 Å². The van der Waals surface area contributed by atoms with Gasteiger partial charge in [0.05, 0.1) is 5.75 Å². The van der Waals surface area contributed by atoms with Crippen molar-refractivity contribution in [2.45, 2.75) is 6.42 Å². The second-order valence-corrected chi connectivity index (χ2v) is 6.60. The summed E-state index contributed by atoms with van der Waals surface area (Å²) < 4.78 is 34.3. The zero-order valence-electron chi connectivity index (χ0n) is 9.58. The van der Waals surface area contributed by atoms with Gasteiger partial charge < -0.3 is 5.11 Å². The first-order valence-electron chi connectivity index (χ1n) is 5.33. The predicted octanol–water partition coefficient (Wildman–Crippen LogP) is 1.20. The smallest absolute Gasteiger partial charge is 0.302 e. The van der Waals surface area contributed by atoms with Crippen LogP contribution >= 0.6 is 15.9 Å². The number of aromatic nitrogens is 1. The molecule has 0 radical (unpaired) electrons. The van der Waals surface area contributed by atoms with Gasteiger partial charge in [0.15, 0.2) is 11.6 Å². The van der Waals surface area contributed by atoms with Crippen LogP contribution < -0.4 is 4.90 Å². The predicted molar refractivity (Wildman–Crippen MR) is 69.0 cm³/mol. The topological polar surface area (TPSA) is 87.6 Å². The molecular formula is C10H10BrFN2O4S. The van der Waals surface area contributed by atoms with Gasteiger partial charge in [-0.3, -0.25) is 9.69 Å². The summed E-state index contributed by atoms with van der Waals surface area (Å²) in [5, 5.41) is 9.71. The molecule has 1 unspecified atom stereocenters. The van der Waals surface area contributed by atoms with Crippen molar-refractivity contribution in [2.24, 2.45) is 5.92 Å². The molecule has 0 aliphatic carbocycles. The second kappa shape index (κ2) is 5.04. The SMILES string of the molecule is O=C1CC(CS(=O)(=O)F)CN1c1ncc(Br)cc1O. The van der Waals surface area contributed by atoms with E-state index in [4.69, 9.17) is 0 Å². The summed E-state index contributed by atoms with van der Waals surface area (Å²) in [7, 11) is -4.62. The standard InChI is InChI=1S/C10H10BrFN2O4S/c11-7-2-8(15)10(13-3-7)14-4-6(1-9(14)16)5-19(12,17)18/h2-3,6,15H,1,4-5H2. The van der Waals surface area contributed by atoms with Gasteiger partial charge in [0.25, 0.3) is 0 Å². The normalized spacial score (nSPS) is 20.0. The zero-order chi connectivity index (χ0) is 14.2. The zero-order valence-corrected chi connectivity index (χ0v) is 12.0. The molecule has 1 fully saturated rings. The fourth-order valence-electron chi connectivity index (χ4n) is 2.01. The monoisotopic (exact) mass is 352 g/mol. The Balaban J connectivity index is 2.20. The third-order valence-electron chi connectivity index (χ3n) is 2.71. The molecule has 0 saturated carbocycles. The van der Waals surface area contributed by atoms with E-state index in [0.717, 1.165) is 4.90 Å². The van der Waals surface area contributed by atoms with Crippen molar-refractivity contribution >= 4 is 37.9 Å². The Labute approximate surface area is 117 Å². The maximum absolute atomic E-state index is 12.6. The molecular weight excluding hydrogens is 343 g/mol. The highest BCUT2D eigenvalue weighted by Crippen LogP contribution is 2.32. The quantitative estimate of drug-likeness (QED) is 0.826. The Hall–Kier alpha value is -1.22. The summed E-state index contributed by atoms with van der Waals surface area (Å²) in [6.07, 6.45) is 1.32. The third-order valence-corrected chi connectivity index (χ3v) is 4.01. The number of anilines is 1. The molecule has 2 heterocycles. The van der Waals surface area contributed by atoms with Crippen LogP contribution in [0.25, 0.3) is 0 Å². The highest BCUT2D eigenvalue weighted by molar-refractivity contribution is 9.10. The number of carbonyl (C=O) groups is 1. The summed E-state index contributed by atoms with van der Waals surface area (Å²) in [6, 6.07) is 1.37. The van der Waals surface area contributed by atoms with E-state index in [1.54, 1.807) is 0 Å². The van der Waals surface area contributed by atoms with Crippen LogP contribution in [-0.2, 0) is 15.0 Å². The molecule has 6 nitrogen and oxygen atoms in total. The number of aromatic hydroxyl groups is 1. The second-order valence-electron chi connectivity index (χ2n) is 4.28. The lowest BCUT2D eigenvalue weighted by Gasteiger charge is -2.16. The molecule has 1 aliphatic rings. The molecule has 1 amide bonds. The van der Waals surface area contributed by atoms with Crippen molar-refractivity contribution in [3.05, 3.63) is 16.7 Å². The number of carbonyl (C=O) groups excluding carboxylic acids is 1. The maximum Gasteiger partial charge on any atom is 0.302 e. The molecule has 1 aromatic heterocycles. The van der Waals surface area contributed by atoms with Crippen LogP contribution in [0, 0.1) is 5.92 Å². The number of pyridine rings is 1. The summed E-state index contributed by atoms with van der Waals surface area (Å²) in [5.41, 5.74) is 0. The minimum Gasteiger partial charge on any atom is -0.504 e. The third kappa shape index (κ3) is 3.41. The van der Waals surface area contributed by atoms with Crippen LogP contribution in [0.4, 0.5) is 9.70 Å². The number of nitrogens with zero attached hydrogens (tertiary/aromatic N) is 2. The van der Waals surface area contributed by atoms with Crippen LogP contribution in [0.1, 0.15) is 6.42 Å². The van der Waals surface area contributed by atoms with Crippen LogP contribution in [0.2, 0.25) is 0 Å². The van der Waals surface area contributed by atoms with Crippen molar-refractivity contribution in [1.82, 2.24) is 4.98 Å². The molecule has 0 spiro atoms. The molecule has 104 valence electrons. The van der Waals surface area contributed by atoms with Crippen molar-refractivity contribution in [3.63, 3.8) is 0 Å². The van der Waals surface area contributed by atoms with Gasteiger partial charge in [0.2, 0.25) is 5.91 Å². The summed E-state index contributed by atoms with van der Waals surface area (Å²) >= 11 is 3.12. The number of amides is 1. The minimum absolute atomic E-state index is 0.0180. The molecule has 1 N–H and O–H groups in total. The first-order chi connectivity index (χ1) is 8.76. The van der Waals surface area contributed by atoms with E-state index in [1.807, 2.05) is 0 Å². The Morgan fingerprint density at radius 1 is 1.58 bits per heavy atom. The average Bonchev–Trinajstić information content (AvgIpc) is 2.56. The van der Waals surface area contributed by atoms with Gasteiger partial charge >= 0.3 is 10.2 Å². The van der Waals surface area contributed by atoms with E-state index in [0.29, 0.717) is 4.47 Å². The van der Waals surface area contributed by atoms with E-state index < -0.39 is 27.8 Å². The lowest BCUT2D eigenvalue weighted by molar-refractivity contribution is -0.117. The fraction of sp³-hybridized carbons (Fsp3) is 0.400. The molecule has 1 atom stereocenters. The number of rotatable bonds is 3. The Kier molecular flexibility index (Phi) is 3.77. The van der Waals surface area contributed by atoms with Crippen molar-refractivity contribution < 1.29 is 22.2 Å². The molecule has 0 aromatic carbocycles. The lowest BCUT2D eigenvalue weighted by atomic mass is 10.1. The Bertz CT molecular complexity index is 622. The first kappa shape index (κ1) is 14.2. The molecule has 2 rings (SSSR count). The molecule has 19 heavy (non-hydrogen) atoms. The molecule has 1 aromatic rings. The van der Waals surface area contributed by atoms with Crippen LogP contribution in [0.15, 0.2) is 16.7 Å². The average molecular weight is 353 g/mol. The fourth-order valence-corrected chi connectivity index (χ4v) is 3.11. The first-order valence-corrected chi connectivity index (χ1v) is 7.68. The van der Waals surface area contributed by atoms with E-state index in [2.05, 4.69) is 20.9 Å². The summed E-state index contributed by atoms with van der Waals surface area (Å²) in [5.74, 6) is -1.88. The summed E-state index contributed by atoms with van der Waals surface area (Å²) in [6.45, 7) is 0.0180. The van der Waals surface area contributed by atoms with Crippen LogP contribution in [-0.4, -0.2) is 36.7 Å². The Morgan fingerprint density at radius 3 is 2.84 bits per heavy atom. The maximum atomic E-state index is 12.6. The Morgan fingerprint density at radius 2 is 2.26 bits per heavy atom. The molecule has 1 aliphatic heterocycles. The van der Waals surface area contributed by atoms with Gasteiger partial charge in [-0.05, 0) is 22.0 Å². The van der Waals surface area contributed by atoms with Crippen molar-refractivity contribution in [3.8, 4) is 5.75 Å². The molecule has 9 heteroatoms. The van der Waals surface area contributed by atoms with E-state index >= 15 is 0 Å². The number of hydrogen-bond acceptors (Lipinski definition) is 5. The van der Waals surface area contributed by atoms with Crippen molar-refractivity contribution in [2.75, 3.05) is 17.2 Å². The highest BCUT2D eigenvalue weighted by atomic mass is 79.9.